The van der Waals surface area contributed by atoms with Crippen LogP contribution in [-0.2, 0) is 29.6 Å². The number of rotatable bonds is 14. The Morgan fingerprint density at radius 1 is 0.914 bits per heavy atom. The molecule has 0 aromatic heterocycles. The van der Waals surface area contributed by atoms with Crippen LogP contribution in [0.2, 0.25) is 0 Å². The smallest absolute Gasteiger partial charge is 0.370 e. The summed E-state index contributed by atoms with van der Waals surface area (Å²) in [6, 6.07) is -2.26. The van der Waals surface area contributed by atoms with Gasteiger partial charge in [-0.2, -0.15) is 8.42 Å². The van der Waals surface area contributed by atoms with Gasteiger partial charge in [-0.3, -0.25) is 28.5 Å². The van der Waals surface area contributed by atoms with Gasteiger partial charge in [0.25, 0.3) is 0 Å². The number of amides is 3. The predicted octanol–water partition coefficient (Wildman–Crippen LogP) is -0.847. The van der Waals surface area contributed by atoms with Crippen molar-refractivity contribution in [1.29, 1.82) is 0 Å². The molecule has 204 valence electrons. The highest BCUT2D eigenvalue weighted by Crippen LogP contribution is 2.09. The molecule has 0 aliphatic heterocycles. The second-order valence-corrected chi connectivity index (χ2v) is 9.62. The van der Waals surface area contributed by atoms with Gasteiger partial charge in [0, 0.05) is 13.5 Å². The van der Waals surface area contributed by atoms with Crippen molar-refractivity contribution in [3.05, 3.63) is 0 Å². The Morgan fingerprint density at radius 3 is 1.71 bits per heavy atom. The van der Waals surface area contributed by atoms with Crippen molar-refractivity contribution in [2.45, 2.75) is 78.4 Å². The van der Waals surface area contributed by atoms with Gasteiger partial charge in [0.15, 0.2) is 5.96 Å². The third kappa shape index (κ3) is 22.8. The van der Waals surface area contributed by atoms with Crippen molar-refractivity contribution in [2.24, 2.45) is 28.3 Å². The third-order valence-corrected chi connectivity index (χ3v) is 4.20. The van der Waals surface area contributed by atoms with E-state index in [0.717, 1.165) is 0 Å². The molecule has 0 rings (SSSR count). The van der Waals surface area contributed by atoms with Crippen molar-refractivity contribution in [2.75, 3.05) is 6.54 Å². The molecule has 0 heterocycles. The van der Waals surface area contributed by atoms with Gasteiger partial charge in [0.1, 0.15) is 18.4 Å². The zero-order valence-electron chi connectivity index (χ0n) is 20.9. The quantitative estimate of drug-likeness (QED) is 0.0488. The van der Waals surface area contributed by atoms with E-state index in [-0.39, 0.29) is 23.7 Å². The minimum Gasteiger partial charge on any atom is -0.370 e. The average Bonchev–Trinajstić information content (AvgIpc) is 2.66. The second-order valence-electron chi connectivity index (χ2n) is 8.72. The van der Waals surface area contributed by atoms with Crippen LogP contribution in [0.1, 0.15) is 60.3 Å². The molecule has 0 fully saturated rings. The first-order valence-electron chi connectivity index (χ1n) is 11.0. The lowest BCUT2D eigenvalue weighted by Crippen LogP contribution is -2.55. The first-order chi connectivity index (χ1) is 16.0. The largest absolute Gasteiger partial charge is 0.394 e. The molecule has 3 unspecified atom stereocenters. The van der Waals surface area contributed by atoms with Crippen LogP contribution in [0, 0.1) is 11.8 Å². The molecule has 0 aromatic rings. The van der Waals surface area contributed by atoms with Crippen LogP contribution in [-0.4, -0.2) is 72.2 Å². The Kier molecular flexibility index (Phi) is 17.3. The molecule has 35 heavy (non-hydrogen) atoms. The monoisotopic (exact) mass is 524 g/mol. The number of hydrogen-bond acceptors (Lipinski definition) is 7. The van der Waals surface area contributed by atoms with E-state index in [1.165, 1.54) is 6.92 Å². The fourth-order valence-electron chi connectivity index (χ4n) is 2.90. The maximum atomic E-state index is 12.8. The minimum absolute atomic E-state index is 0.0310. The number of nitrogens with zero attached hydrogens (tertiary/aromatic N) is 1. The number of aliphatic imine (C=N–C) groups is 1. The summed E-state index contributed by atoms with van der Waals surface area (Å²) < 4.78 is 31.6. The van der Waals surface area contributed by atoms with Crippen LogP contribution >= 0.6 is 0 Å². The summed E-state index contributed by atoms with van der Waals surface area (Å²) >= 11 is 0. The van der Waals surface area contributed by atoms with Crippen LogP contribution in [0.25, 0.3) is 0 Å². The fourth-order valence-corrected chi connectivity index (χ4v) is 2.90. The molecular formula is C20H40N6O8S. The summed E-state index contributed by atoms with van der Waals surface area (Å²) in [5.41, 5.74) is 10.5. The number of nitrogens with two attached hydrogens (primary N) is 2. The molecule has 3 amide bonds. The molecule has 15 heteroatoms. The number of hydrogen-bond donors (Lipinski definition) is 7. The van der Waals surface area contributed by atoms with Crippen LogP contribution in [0.4, 0.5) is 0 Å². The van der Waals surface area contributed by atoms with E-state index in [0.29, 0.717) is 38.5 Å². The molecule has 0 saturated carbocycles. The number of carbonyl (C=O) groups is 4. The lowest BCUT2D eigenvalue weighted by atomic mass is 9.99. The highest BCUT2D eigenvalue weighted by atomic mass is 32.3. The third-order valence-electron chi connectivity index (χ3n) is 4.20. The summed E-state index contributed by atoms with van der Waals surface area (Å²) in [6.45, 7) is 9.43. The molecule has 0 aliphatic rings. The highest BCUT2D eigenvalue weighted by Gasteiger charge is 2.28. The van der Waals surface area contributed by atoms with Crippen molar-refractivity contribution < 1.29 is 36.7 Å². The molecule has 14 nitrogen and oxygen atoms in total. The molecule has 0 spiro atoms. The summed E-state index contributed by atoms with van der Waals surface area (Å²) in [4.78, 5) is 52.1. The Hall–Kier alpha value is -2.78. The predicted molar refractivity (Wildman–Crippen MR) is 131 cm³/mol. The summed E-state index contributed by atoms with van der Waals surface area (Å²) in [5, 5.41) is 8.03. The second kappa shape index (κ2) is 17.6. The van der Waals surface area contributed by atoms with E-state index in [4.69, 9.17) is 29.0 Å². The van der Waals surface area contributed by atoms with Crippen LogP contribution in [0.15, 0.2) is 4.99 Å². The summed E-state index contributed by atoms with van der Waals surface area (Å²) in [6.07, 6.45) is 2.38. The maximum Gasteiger partial charge on any atom is 0.394 e. The Bertz CT molecular complexity index is 804. The molecule has 0 radical (unpaired) electrons. The van der Waals surface area contributed by atoms with Gasteiger partial charge in [0.05, 0.1) is 6.04 Å². The molecule has 9 N–H and O–H groups in total. The molecular weight excluding hydrogens is 484 g/mol. The number of guanidine groups is 1. The first-order valence-corrected chi connectivity index (χ1v) is 12.4. The molecule has 3 atom stereocenters. The van der Waals surface area contributed by atoms with Crippen LogP contribution < -0.4 is 27.4 Å². The Labute approximate surface area is 206 Å². The molecule has 0 aliphatic carbocycles. The van der Waals surface area contributed by atoms with Crippen LogP contribution in [0.5, 0.6) is 0 Å². The summed E-state index contributed by atoms with van der Waals surface area (Å²) in [7, 11) is -4.67. The average molecular weight is 525 g/mol. The van der Waals surface area contributed by atoms with Crippen molar-refractivity contribution >= 4 is 40.4 Å². The van der Waals surface area contributed by atoms with Crippen molar-refractivity contribution in [3.63, 3.8) is 0 Å². The normalized spacial score (nSPS) is 13.5. The minimum atomic E-state index is -4.67. The number of carbonyl (C=O) groups excluding carboxylic acids is 4. The van der Waals surface area contributed by atoms with E-state index < -0.39 is 40.3 Å². The number of aldehydes is 1. The first kappa shape index (κ1) is 34.4. The highest BCUT2D eigenvalue weighted by molar-refractivity contribution is 7.79. The SMILES string of the molecule is CC(=O)NC(CC(C)C)C(=O)NC(CC(C)C)C(=O)NC(C=O)CCCN=C(N)N.O=S(=O)(O)O. The van der Waals surface area contributed by atoms with Crippen molar-refractivity contribution in [1.82, 2.24) is 16.0 Å². The standard InChI is InChI=1S/C20H38N6O4.H2O4S/c1-12(2)9-16(24-14(5)28)19(30)26-17(10-13(3)4)18(29)25-15(11-27)7-6-8-23-20(21)22;1-5(2,3)4/h11-13,15-17H,6-10H2,1-5H3,(H,24,28)(H,25,29)(H,26,30)(H4,21,22,23);(H2,1,2,3,4). The Morgan fingerprint density at radius 2 is 1.34 bits per heavy atom. The van der Waals surface area contributed by atoms with E-state index in [1.54, 1.807) is 0 Å². The van der Waals surface area contributed by atoms with Gasteiger partial charge in [-0.15, -0.1) is 0 Å². The molecule has 0 saturated heterocycles. The van der Waals surface area contributed by atoms with Gasteiger partial charge in [-0.05, 0) is 37.5 Å². The lowest BCUT2D eigenvalue weighted by molar-refractivity contribution is -0.133. The van der Waals surface area contributed by atoms with Gasteiger partial charge < -0.3 is 32.2 Å². The topological polar surface area (TPSA) is 243 Å². The van der Waals surface area contributed by atoms with Gasteiger partial charge in [-0.25, -0.2) is 0 Å². The number of nitrogens with one attached hydrogen (secondary N) is 3. The van der Waals surface area contributed by atoms with E-state index >= 15 is 0 Å². The van der Waals surface area contributed by atoms with Gasteiger partial charge in [0.2, 0.25) is 17.7 Å². The van der Waals surface area contributed by atoms with E-state index in [1.807, 2.05) is 27.7 Å². The van der Waals surface area contributed by atoms with Gasteiger partial charge in [-0.1, -0.05) is 27.7 Å². The zero-order chi connectivity index (χ0) is 27.8. The van der Waals surface area contributed by atoms with E-state index in [9.17, 15) is 19.2 Å². The fraction of sp³-hybridized carbons (Fsp3) is 0.750. The molecule has 0 aromatic carbocycles. The molecule has 0 bridgehead atoms. The summed E-state index contributed by atoms with van der Waals surface area (Å²) in [5.74, 6) is -0.909. The maximum absolute atomic E-state index is 12.8. The van der Waals surface area contributed by atoms with Crippen LogP contribution in [0.3, 0.4) is 0 Å². The Balaban J connectivity index is 0. The van der Waals surface area contributed by atoms with Crippen molar-refractivity contribution in [3.8, 4) is 0 Å². The lowest BCUT2D eigenvalue weighted by Gasteiger charge is -2.25. The van der Waals surface area contributed by atoms with Gasteiger partial charge >= 0.3 is 10.4 Å². The van der Waals surface area contributed by atoms with E-state index in [2.05, 4.69) is 20.9 Å². The zero-order valence-corrected chi connectivity index (χ0v) is 21.7.